The van der Waals surface area contributed by atoms with Crippen LogP contribution in [-0.4, -0.2) is 25.7 Å². The van der Waals surface area contributed by atoms with Crippen LogP contribution < -0.4 is 10.5 Å². The summed E-state index contributed by atoms with van der Waals surface area (Å²) in [5, 5.41) is 10.0. The summed E-state index contributed by atoms with van der Waals surface area (Å²) in [4.78, 5) is -0.0407. The minimum Gasteiger partial charge on any atom is -0.398 e. The number of aliphatic hydroxyl groups excluding tert-OH is 1. The quantitative estimate of drug-likeness (QED) is 0.736. The molecule has 0 aromatic heterocycles. The van der Waals surface area contributed by atoms with E-state index < -0.39 is 15.6 Å². The molecule has 2 unspecified atom stereocenters. The van der Waals surface area contributed by atoms with Crippen molar-refractivity contribution in [2.75, 3.05) is 12.3 Å². The molecular formula is C14H21ClN2O3S. The molecule has 0 aliphatic heterocycles. The fraction of sp³-hybridized carbons (Fsp3) is 0.571. The zero-order valence-corrected chi connectivity index (χ0v) is 13.5. The first-order valence-electron chi connectivity index (χ1n) is 6.98. The Morgan fingerprint density at radius 2 is 2.24 bits per heavy atom. The zero-order chi connectivity index (χ0) is 15.7. The van der Waals surface area contributed by atoms with Gasteiger partial charge in [0.05, 0.1) is 17.8 Å². The Kier molecular flexibility index (Phi) is 4.82. The summed E-state index contributed by atoms with van der Waals surface area (Å²) in [7, 11) is -3.83. The van der Waals surface area contributed by atoms with Crippen molar-refractivity contribution in [2.24, 2.45) is 5.92 Å². The first kappa shape index (κ1) is 16.5. The van der Waals surface area contributed by atoms with Crippen LogP contribution in [0.15, 0.2) is 23.1 Å². The van der Waals surface area contributed by atoms with Gasteiger partial charge in [-0.15, -0.1) is 0 Å². The second kappa shape index (κ2) is 6.12. The Morgan fingerprint density at radius 1 is 1.52 bits per heavy atom. The van der Waals surface area contributed by atoms with E-state index >= 15 is 0 Å². The lowest BCUT2D eigenvalue weighted by Crippen LogP contribution is -2.53. The van der Waals surface area contributed by atoms with Crippen LogP contribution in [0.4, 0.5) is 5.69 Å². The topological polar surface area (TPSA) is 92.4 Å². The Morgan fingerprint density at radius 3 is 2.86 bits per heavy atom. The fourth-order valence-corrected chi connectivity index (χ4v) is 4.84. The van der Waals surface area contributed by atoms with Gasteiger partial charge < -0.3 is 10.8 Å². The Labute approximate surface area is 130 Å². The molecular weight excluding hydrogens is 312 g/mol. The summed E-state index contributed by atoms with van der Waals surface area (Å²) in [6.45, 7) is 1.84. The summed E-state index contributed by atoms with van der Waals surface area (Å²) >= 11 is 5.86. The van der Waals surface area contributed by atoms with Crippen molar-refractivity contribution in [3.05, 3.63) is 23.2 Å². The van der Waals surface area contributed by atoms with Gasteiger partial charge in [0.2, 0.25) is 10.0 Å². The molecule has 0 amide bonds. The van der Waals surface area contributed by atoms with E-state index in [-0.39, 0.29) is 17.2 Å². The molecule has 1 aliphatic carbocycles. The van der Waals surface area contributed by atoms with E-state index in [1.165, 1.54) is 12.1 Å². The van der Waals surface area contributed by atoms with Gasteiger partial charge in [-0.3, -0.25) is 0 Å². The first-order valence-corrected chi connectivity index (χ1v) is 8.84. The molecule has 118 valence electrons. The van der Waals surface area contributed by atoms with Gasteiger partial charge >= 0.3 is 0 Å². The van der Waals surface area contributed by atoms with Crippen molar-refractivity contribution in [3.63, 3.8) is 0 Å². The molecule has 0 spiro atoms. The predicted molar refractivity (Wildman–Crippen MR) is 83.6 cm³/mol. The molecule has 7 heteroatoms. The molecule has 1 aromatic carbocycles. The maximum Gasteiger partial charge on any atom is 0.243 e. The third kappa shape index (κ3) is 3.69. The van der Waals surface area contributed by atoms with E-state index in [0.717, 1.165) is 12.8 Å². The lowest BCUT2D eigenvalue weighted by Gasteiger charge is -2.39. The van der Waals surface area contributed by atoms with E-state index in [4.69, 9.17) is 17.3 Å². The molecule has 1 aromatic rings. The van der Waals surface area contributed by atoms with Crippen LogP contribution in [0.25, 0.3) is 0 Å². The highest BCUT2D eigenvalue weighted by molar-refractivity contribution is 7.89. The average molecular weight is 333 g/mol. The van der Waals surface area contributed by atoms with Crippen LogP contribution >= 0.6 is 11.6 Å². The van der Waals surface area contributed by atoms with Gasteiger partial charge in [-0.1, -0.05) is 31.4 Å². The van der Waals surface area contributed by atoms with Gasteiger partial charge in [0, 0.05) is 5.02 Å². The second-order valence-electron chi connectivity index (χ2n) is 5.93. The van der Waals surface area contributed by atoms with Crippen LogP contribution in [0.1, 0.15) is 32.6 Å². The summed E-state index contributed by atoms with van der Waals surface area (Å²) in [5.74, 6) is 0.366. The van der Waals surface area contributed by atoms with Gasteiger partial charge in [-0.05, 0) is 37.0 Å². The SMILES string of the molecule is CC1CCCC(CO)(NS(=O)(=O)c2cc(Cl)ccc2N)C1. The number of benzene rings is 1. The third-order valence-corrected chi connectivity index (χ3v) is 5.88. The van der Waals surface area contributed by atoms with E-state index in [2.05, 4.69) is 11.6 Å². The van der Waals surface area contributed by atoms with Crippen LogP contribution in [-0.2, 0) is 10.0 Å². The number of nitrogen functional groups attached to an aromatic ring is 1. The number of sulfonamides is 1. The maximum absolute atomic E-state index is 12.6. The van der Waals surface area contributed by atoms with Crippen LogP contribution in [0.5, 0.6) is 0 Å². The second-order valence-corrected chi connectivity index (χ2v) is 8.01. The van der Waals surface area contributed by atoms with Crippen molar-refractivity contribution >= 4 is 27.3 Å². The maximum atomic E-state index is 12.6. The largest absolute Gasteiger partial charge is 0.398 e. The predicted octanol–water partition coefficient (Wildman–Crippen LogP) is 2.14. The molecule has 1 saturated carbocycles. The van der Waals surface area contributed by atoms with Gasteiger partial charge in [0.1, 0.15) is 4.90 Å². The number of aliphatic hydroxyl groups is 1. The van der Waals surface area contributed by atoms with Crippen molar-refractivity contribution in [1.82, 2.24) is 4.72 Å². The standard InChI is InChI=1S/C14H21ClN2O3S/c1-10-3-2-6-14(8-10,9-18)17-21(19,20)13-7-11(15)4-5-12(13)16/h4-5,7,10,17-18H,2-3,6,8-9,16H2,1H3. The third-order valence-electron chi connectivity index (χ3n) is 4.01. The molecule has 0 heterocycles. The zero-order valence-electron chi connectivity index (χ0n) is 12.0. The summed E-state index contributed by atoms with van der Waals surface area (Å²) in [5.41, 5.74) is 5.08. The van der Waals surface area contributed by atoms with Crippen molar-refractivity contribution in [2.45, 2.75) is 43.0 Å². The fourth-order valence-electron chi connectivity index (χ4n) is 3.01. The summed E-state index contributed by atoms with van der Waals surface area (Å²) in [6.07, 6.45) is 3.16. The number of rotatable bonds is 4. The molecule has 0 saturated heterocycles. The van der Waals surface area contributed by atoms with Gasteiger partial charge in [0.25, 0.3) is 0 Å². The van der Waals surface area contributed by atoms with E-state index in [1.54, 1.807) is 6.07 Å². The van der Waals surface area contributed by atoms with Crippen LogP contribution in [0, 0.1) is 5.92 Å². The molecule has 0 radical (unpaired) electrons. The Balaban J connectivity index is 2.33. The average Bonchev–Trinajstić information content (AvgIpc) is 2.41. The first-order chi connectivity index (χ1) is 9.78. The van der Waals surface area contributed by atoms with Gasteiger partial charge in [0.15, 0.2) is 0 Å². The normalized spacial score (nSPS) is 26.7. The van der Waals surface area contributed by atoms with E-state index in [1.807, 2.05) is 0 Å². The van der Waals surface area contributed by atoms with Crippen molar-refractivity contribution in [3.8, 4) is 0 Å². The van der Waals surface area contributed by atoms with Gasteiger partial charge in [-0.25, -0.2) is 13.1 Å². The van der Waals surface area contributed by atoms with E-state index in [0.29, 0.717) is 23.8 Å². The smallest absolute Gasteiger partial charge is 0.243 e. The van der Waals surface area contributed by atoms with Gasteiger partial charge in [-0.2, -0.15) is 0 Å². The molecule has 5 nitrogen and oxygen atoms in total. The van der Waals surface area contributed by atoms with Crippen LogP contribution in [0.3, 0.4) is 0 Å². The highest BCUT2D eigenvalue weighted by Gasteiger charge is 2.38. The van der Waals surface area contributed by atoms with Crippen molar-refractivity contribution in [1.29, 1.82) is 0 Å². The number of anilines is 1. The molecule has 2 atom stereocenters. The summed E-state index contributed by atoms with van der Waals surface area (Å²) in [6, 6.07) is 4.34. The monoisotopic (exact) mass is 332 g/mol. The number of hydrogen-bond acceptors (Lipinski definition) is 4. The highest BCUT2D eigenvalue weighted by atomic mass is 35.5. The molecule has 1 fully saturated rings. The lowest BCUT2D eigenvalue weighted by atomic mass is 9.78. The molecule has 4 N–H and O–H groups in total. The molecule has 1 aliphatic rings. The highest BCUT2D eigenvalue weighted by Crippen LogP contribution is 2.34. The van der Waals surface area contributed by atoms with E-state index in [9.17, 15) is 13.5 Å². The Bertz CT molecular complexity index is 621. The molecule has 21 heavy (non-hydrogen) atoms. The number of nitrogens with two attached hydrogens (primary N) is 1. The lowest BCUT2D eigenvalue weighted by molar-refractivity contribution is 0.120. The number of hydrogen-bond donors (Lipinski definition) is 3. The molecule has 0 bridgehead atoms. The minimum atomic E-state index is -3.83. The number of halogens is 1. The number of nitrogens with one attached hydrogen (secondary N) is 1. The Hall–Kier alpha value is -0.820. The minimum absolute atomic E-state index is 0.0407. The van der Waals surface area contributed by atoms with Crippen molar-refractivity contribution < 1.29 is 13.5 Å². The summed E-state index contributed by atoms with van der Waals surface area (Å²) < 4.78 is 27.8. The van der Waals surface area contributed by atoms with Crippen LogP contribution in [0.2, 0.25) is 5.02 Å². The molecule has 2 rings (SSSR count).